The molecule has 17 heavy (non-hydrogen) atoms. The van der Waals surface area contributed by atoms with Crippen LogP contribution in [0.5, 0.6) is 0 Å². The van der Waals surface area contributed by atoms with Gasteiger partial charge in [0, 0.05) is 11.1 Å². The van der Waals surface area contributed by atoms with Gasteiger partial charge in [-0.2, -0.15) is 11.4 Å². The smallest absolute Gasteiger partial charge is 0.700 e. The van der Waals surface area contributed by atoms with E-state index in [9.17, 15) is 4.79 Å². The predicted molar refractivity (Wildman–Crippen MR) is 64.3 cm³/mol. The average Bonchev–Trinajstić information content (AvgIpc) is 2.33. The van der Waals surface area contributed by atoms with Gasteiger partial charge in [0.15, 0.2) is 5.78 Å². The summed E-state index contributed by atoms with van der Waals surface area (Å²) in [4.78, 5) is 12.0. The molecule has 2 rings (SSSR count). The van der Waals surface area contributed by atoms with E-state index in [4.69, 9.17) is 11.5 Å². The van der Waals surface area contributed by atoms with E-state index in [1.54, 1.807) is 30.3 Å². The van der Waals surface area contributed by atoms with Crippen LogP contribution in [0.15, 0.2) is 48.5 Å². The maximum absolute atomic E-state index is 12.0. The molecule has 0 saturated carbocycles. The number of hydrogen-bond donors (Lipinski definition) is 0. The first kappa shape index (κ1) is 13.3. The Morgan fingerprint density at radius 3 is 2.06 bits per heavy atom. The van der Waals surface area contributed by atoms with E-state index < -0.39 is 0 Å². The van der Waals surface area contributed by atoms with E-state index >= 15 is 0 Å². The van der Waals surface area contributed by atoms with Gasteiger partial charge in [-0.3, -0.25) is 4.79 Å². The summed E-state index contributed by atoms with van der Waals surface area (Å²) in [6.45, 7) is 0. The van der Waals surface area contributed by atoms with Crippen LogP contribution in [0.4, 0.5) is 11.4 Å². The van der Waals surface area contributed by atoms with Crippen LogP contribution in [0.2, 0.25) is 0 Å². The summed E-state index contributed by atoms with van der Waals surface area (Å²) in [7, 11) is 0. The Bertz CT molecular complexity index is 526. The molecule has 0 spiro atoms. The van der Waals surface area contributed by atoms with Gasteiger partial charge in [0.2, 0.25) is 0 Å². The maximum atomic E-state index is 12.0. The summed E-state index contributed by atoms with van der Waals surface area (Å²) in [6, 6.07) is 13.4. The van der Waals surface area contributed by atoms with E-state index in [1.165, 1.54) is 12.1 Å². The van der Waals surface area contributed by atoms with Gasteiger partial charge in [-0.15, -0.1) is 0 Å². The zero-order chi connectivity index (χ0) is 11.5. The van der Waals surface area contributed by atoms with Gasteiger partial charge in [0.05, 0.1) is 0 Å². The molecule has 4 heteroatoms. The third kappa shape index (κ3) is 2.87. The first-order chi connectivity index (χ1) is 7.68. The number of carbonyl (C=O) groups excluding carboxylic acids is 1. The minimum absolute atomic E-state index is 0. The van der Waals surface area contributed by atoms with Crippen molar-refractivity contribution < 1.29 is 21.9 Å². The Morgan fingerprint density at radius 1 is 0.824 bits per heavy atom. The summed E-state index contributed by atoms with van der Waals surface area (Å²) in [5.41, 5.74) is 16.1. The number of nitrogens with one attached hydrogen (secondary N) is 2. The summed E-state index contributed by atoms with van der Waals surface area (Å²) in [6.07, 6.45) is 0. The average molecular weight is 274 g/mol. The molecule has 2 aromatic rings. The molecule has 1 radical (unpaired) electrons. The first-order valence-electron chi connectivity index (χ1n) is 4.85. The third-order valence-electron chi connectivity index (χ3n) is 2.32. The Kier molecular flexibility index (Phi) is 4.32. The van der Waals surface area contributed by atoms with Crippen LogP contribution in [0.1, 0.15) is 15.9 Å². The molecule has 0 heterocycles. The fourth-order valence-electron chi connectivity index (χ4n) is 1.44. The topological polar surface area (TPSA) is 64.7 Å². The molecule has 2 aromatic carbocycles. The van der Waals surface area contributed by atoms with E-state index in [-0.39, 0.29) is 34.2 Å². The summed E-state index contributed by atoms with van der Waals surface area (Å²) in [5, 5.41) is 0. The van der Waals surface area contributed by atoms with Gasteiger partial charge in [-0.1, -0.05) is 48.5 Å². The van der Waals surface area contributed by atoms with Crippen molar-refractivity contribution in [3.8, 4) is 0 Å². The molecular weight excluding hydrogens is 264 g/mol. The van der Waals surface area contributed by atoms with Crippen molar-refractivity contribution in [2.24, 2.45) is 0 Å². The van der Waals surface area contributed by atoms with Crippen molar-refractivity contribution in [2.45, 2.75) is 0 Å². The molecule has 0 fully saturated rings. The molecule has 0 aliphatic heterocycles. The van der Waals surface area contributed by atoms with Crippen LogP contribution in [-0.2, 0) is 17.1 Å². The fraction of sp³-hybridized carbons (Fsp3) is 0. The van der Waals surface area contributed by atoms with Crippen LogP contribution in [0.25, 0.3) is 11.5 Å². The van der Waals surface area contributed by atoms with Crippen molar-refractivity contribution in [1.29, 1.82) is 0 Å². The largest absolute Gasteiger partial charge is 2.00 e. The molecule has 0 bridgehead atoms. The van der Waals surface area contributed by atoms with Gasteiger partial charge in [-0.05, 0) is 0 Å². The second-order valence-corrected chi connectivity index (χ2v) is 3.46. The summed E-state index contributed by atoms with van der Waals surface area (Å²) in [5.74, 6) is -0.117. The molecule has 3 nitrogen and oxygen atoms in total. The zero-order valence-electron chi connectivity index (χ0n) is 8.83. The second-order valence-electron chi connectivity index (χ2n) is 3.46. The van der Waals surface area contributed by atoms with Crippen LogP contribution < -0.4 is 0 Å². The molecule has 2 N–H and O–H groups in total. The van der Waals surface area contributed by atoms with E-state index in [2.05, 4.69) is 0 Å². The Labute approximate surface area is 110 Å². The number of ketones is 1. The van der Waals surface area contributed by atoms with E-state index in [0.29, 0.717) is 11.1 Å². The number of carbonyl (C=O) groups is 1. The molecule has 0 atom stereocenters. The van der Waals surface area contributed by atoms with Crippen LogP contribution in [0.3, 0.4) is 0 Å². The number of rotatable bonds is 2. The minimum Gasteiger partial charge on any atom is -0.700 e. The molecule has 0 amide bonds. The summed E-state index contributed by atoms with van der Waals surface area (Å²) >= 11 is 0. The second kappa shape index (κ2) is 5.53. The molecule has 0 aliphatic rings. The first-order valence-corrected chi connectivity index (χ1v) is 4.85. The molecule has 89 valence electrons. The SMILES string of the molecule is [Cu+2].[NH-]c1ccc(C(=O)c2ccccc2)cc1[NH-]. The van der Waals surface area contributed by atoms with Crippen molar-refractivity contribution in [1.82, 2.24) is 0 Å². The van der Waals surface area contributed by atoms with Crippen LogP contribution in [-0.4, -0.2) is 5.78 Å². The third-order valence-corrected chi connectivity index (χ3v) is 2.32. The van der Waals surface area contributed by atoms with Gasteiger partial charge in [-0.25, -0.2) is 0 Å². The van der Waals surface area contributed by atoms with Crippen LogP contribution >= 0.6 is 0 Å². The van der Waals surface area contributed by atoms with Crippen molar-refractivity contribution in [3.63, 3.8) is 0 Å². The number of hydrogen-bond acceptors (Lipinski definition) is 1. The minimum atomic E-state index is -0.117. The van der Waals surface area contributed by atoms with Gasteiger partial charge >= 0.3 is 17.1 Å². The van der Waals surface area contributed by atoms with Gasteiger partial charge in [0.1, 0.15) is 0 Å². The summed E-state index contributed by atoms with van der Waals surface area (Å²) < 4.78 is 0. The molecule has 0 saturated heterocycles. The van der Waals surface area contributed by atoms with Crippen molar-refractivity contribution >= 4 is 17.2 Å². The van der Waals surface area contributed by atoms with E-state index in [0.717, 1.165) is 0 Å². The molecular formula is C13H10CuN2O. The van der Waals surface area contributed by atoms with Gasteiger partial charge < -0.3 is 11.5 Å². The zero-order valence-corrected chi connectivity index (χ0v) is 9.77. The maximum Gasteiger partial charge on any atom is 2.00 e. The Balaban J connectivity index is 0.00000144. The monoisotopic (exact) mass is 273 g/mol. The quantitative estimate of drug-likeness (QED) is 0.595. The van der Waals surface area contributed by atoms with Crippen molar-refractivity contribution in [3.05, 3.63) is 71.1 Å². The van der Waals surface area contributed by atoms with Crippen molar-refractivity contribution in [2.75, 3.05) is 0 Å². The normalized spacial score (nSPS) is 9.41. The molecule has 0 unspecified atom stereocenters. The van der Waals surface area contributed by atoms with Gasteiger partial charge in [0.25, 0.3) is 0 Å². The van der Waals surface area contributed by atoms with E-state index in [1.807, 2.05) is 6.07 Å². The Hall–Kier alpha value is -1.77. The van der Waals surface area contributed by atoms with Crippen LogP contribution in [0, 0.1) is 0 Å². The Morgan fingerprint density at radius 2 is 1.47 bits per heavy atom. The standard InChI is InChI=1S/C13H11N2O.Cu/c14-11-7-6-10(8-12(11)15)13(16)9-4-2-1-3-5-9;/h1-8,15H,(H2,14,16);/q-1;+2/p-1. The fourth-order valence-corrected chi connectivity index (χ4v) is 1.44. The predicted octanol–water partition coefficient (Wildman–Crippen LogP) is 4.28. The molecule has 0 aromatic heterocycles. The molecule has 0 aliphatic carbocycles. The number of benzene rings is 2.